The van der Waals surface area contributed by atoms with Crippen molar-refractivity contribution in [1.82, 2.24) is 0 Å². The predicted octanol–water partition coefficient (Wildman–Crippen LogP) is 4.67. The van der Waals surface area contributed by atoms with Gasteiger partial charge in [0.05, 0.1) is 27.1 Å². The van der Waals surface area contributed by atoms with E-state index < -0.39 is 0 Å². The van der Waals surface area contributed by atoms with E-state index >= 15 is 0 Å². The summed E-state index contributed by atoms with van der Waals surface area (Å²) in [6.07, 6.45) is 4.54. The highest BCUT2D eigenvalue weighted by Gasteiger charge is 2.39. The van der Waals surface area contributed by atoms with E-state index in [1.807, 2.05) is 23.9 Å². The second-order valence-electron chi connectivity index (χ2n) is 8.27. The van der Waals surface area contributed by atoms with Crippen LogP contribution in [-0.2, 0) is 6.42 Å². The minimum absolute atomic E-state index is 0.0662. The van der Waals surface area contributed by atoms with Gasteiger partial charge in [-0.2, -0.15) is 0 Å². The van der Waals surface area contributed by atoms with Gasteiger partial charge in [0.25, 0.3) is 0 Å². The Morgan fingerprint density at radius 3 is 2.38 bits per heavy atom. The zero-order valence-electron chi connectivity index (χ0n) is 19.5. The van der Waals surface area contributed by atoms with E-state index in [0.717, 1.165) is 35.0 Å². The molecular formula is C28H26O5S. The first-order chi connectivity index (χ1) is 16.7. The fourth-order valence-corrected chi connectivity index (χ4v) is 5.98. The zero-order valence-corrected chi connectivity index (χ0v) is 20.3. The Morgan fingerprint density at radius 1 is 0.912 bits per heavy atom. The molecule has 5 nitrogen and oxygen atoms in total. The Bertz CT molecular complexity index is 1220. The smallest absolute Gasteiger partial charge is 0.231 e. The maximum atomic E-state index is 5.76. The Morgan fingerprint density at radius 2 is 1.65 bits per heavy atom. The van der Waals surface area contributed by atoms with Crippen LogP contribution >= 0.6 is 11.8 Å². The number of benzene rings is 2. The minimum Gasteiger partial charge on any atom is -0.493 e. The number of methoxy groups -OCH3 is 3. The number of thioether (sulfide) groups is 1. The number of allylic oxidation sites excluding steroid dienone is 2. The highest BCUT2D eigenvalue weighted by atomic mass is 32.2. The third-order valence-corrected chi connectivity index (χ3v) is 7.47. The molecular weight excluding hydrogens is 448 g/mol. The predicted molar refractivity (Wildman–Crippen MR) is 133 cm³/mol. The maximum absolute atomic E-state index is 5.76. The van der Waals surface area contributed by atoms with Gasteiger partial charge in [-0.25, -0.2) is 0 Å². The lowest BCUT2D eigenvalue weighted by Gasteiger charge is -2.38. The molecule has 2 aromatic rings. The lowest BCUT2D eigenvalue weighted by atomic mass is 9.67. The van der Waals surface area contributed by atoms with Crippen LogP contribution < -0.4 is 23.7 Å². The molecule has 0 radical (unpaired) electrons. The van der Waals surface area contributed by atoms with Crippen molar-refractivity contribution in [3.05, 3.63) is 53.1 Å². The van der Waals surface area contributed by atoms with Gasteiger partial charge in [0, 0.05) is 11.8 Å². The minimum atomic E-state index is 0.0662. The number of hydrogen-bond acceptors (Lipinski definition) is 6. The van der Waals surface area contributed by atoms with Crippen molar-refractivity contribution in [3.63, 3.8) is 0 Å². The molecule has 3 aliphatic rings. The Hall–Kier alpha value is -3.35. The molecule has 5 rings (SSSR count). The van der Waals surface area contributed by atoms with Crippen molar-refractivity contribution in [2.45, 2.75) is 12.3 Å². The molecule has 1 aliphatic carbocycles. The molecule has 0 N–H and O–H groups in total. The van der Waals surface area contributed by atoms with Crippen molar-refractivity contribution in [3.8, 4) is 52.4 Å². The SMILES string of the molecule is COc1cc([C@@H]2c3cc4c(cc3C[C@H]3C#C/C=C\C#CCSC[C@@H]23)OCO4)cc(OC)c1OC. The largest absolute Gasteiger partial charge is 0.493 e. The van der Waals surface area contributed by atoms with Crippen LogP contribution in [-0.4, -0.2) is 39.6 Å². The number of rotatable bonds is 4. The van der Waals surface area contributed by atoms with Gasteiger partial charge in [0.2, 0.25) is 12.5 Å². The third-order valence-electron chi connectivity index (χ3n) is 6.51. The molecule has 0 unspecified atom stereocenters. The normalized spacial score (nSPS) is 23.0. The molecule has 0 aromatic heterocycles. The maximum Gasteiger partial charge on any atom is 0.231 e. The second-order valence-corrected chi connectivity index (χ2v) is 9.30. The molecule has 2 aliphatic heterocycles. The zero-order chi connectivity index (χ0) is 23.5. The summed E-state index contributed by atoms with van der Waals surface area (Å²) >= 11 is 1.85. The van der Waals surface area contributed by atoms with E-state index in [1.165, 1.54) is 11.1 Å². The summed E-state index contributed by atoms with van der Waals surface area (Å²) in [5, 5.41) is 0. The summed E-state index contributed by atoms with van der Waals surface area (Å²) in [7, 11) is 4.92. The summed E-state index contributed by atoms with van der Waals surface area (Å²) in [6.45, 7) is 0.249. The van der Waals surface area contributed by atoms with Crippen LogP contribution in [0.4, 0.5) is 0 Å². The summed E-state index contributed by atoms with van der Waals surface area (Å²) in [5.41, 5.74) is 3.57. The van der Waals surface area contributed by atoms with E-state index in [0.29, 0.717) is 17.2 Å². The third kappa shape index (κ3) is 4.15. The summed E-state index contributed by atoms with van der Waals surface area (Å²) in [6, 6.07) is 8.39. The van der Waals surface area contributed by atoms with Gasteiger partial charge in [-0.05, 0) is 71.2 Å². The molecule has 174 valence electrons. The van der Waals surface area contributed by atoms with Gasteiger partial charge >= 0.3 is 0 Å². The average molecular weight is 475 g/mol. The van der Waals surface area contributed by atoms with E-state index in [1.54, 1.807) is 21.3 Å². The van der Waals surface area contributed by atoms with Crippen molar-refractivity contribution < 1.29 is 23.7 Å². The Kier molecular flexibility index (Phi) is 6.52. The van der Waals surface area contributed by atoms with Crippen LogP contribution in [0, 0.1) is 35.5 Å². The fraction of sp³-hybridized carbons (Fsp3) is 0.357. The summed E-state index contributed by atoms with van der Waals surface area (Å²) < 4.78 is 28.4. The molecule has 0 saturated heterocycles. The van der Waals surface area contributed by atoms with Gasteiger partial charge in [0.1, 0.15) is 0 Å². The number of fused-ring (bicyclic) bond motifs is 3. The number of ether oxygens (including phenoxy) is 5. The second kappa shape index (κ2) is 9.87. The molecule has 0 bridgehead atoms. The van der Waals surface area contributed by atoms with Crippen LogP contribution in [0.5, 0.6) is 28.7 Å². The molecule has 6 heteroatoms. The van der Waals surface area contributed by atoms with E-state index in [9.17, 15) is 0 Å². The van der Waals surface area contributed by atoms with E-state index in [-0.39, 0.29) is 24.5 Å². The summed E-state index contributed by atoms with van der Waals surface area (Å²) in [4.78, 5) is 0. The Labute approximate surface area is 204 Å². The average Bonchev–Trinajstić information content (AvgIpc) is 3.30. The van der Waals surface area contributed by atoms with Gasteiger partial charge < -0.3 is 23.7 Å². The molecule has 2 aromatic carbocycles. The molecule has 0 spiro atoms. The lowest BCUT2D eigenvalue weighted by molar-refractivity contribution is 0.174. The quantitative estimate of drug-likeness (QED) is 0.600. The van der Waals surface area contributed by atoms with Gasteiger partial charge in [-0.1, -0.05) is 23.7 Å². The number of hydrogen-bond donors (Lipinski definition) is 0. The van der Waals surface area contributed by atoms with Crippen LogP contribution in [0.2, 0.25) is 0 Å². The fourth-order valence-electron chi connectivity index (χ4n) is 4.98. The van der Waals surface area contributed by atoms with Crippen molar-refractivity contribution >= 4 is 11.8 Å². The highest BCUT2D eigenvalue weighted by Crippen LogP contribution is 2.51. The van der Waals surface area contributed by atoms with Crippen LogP contribution in [0.15, 0.2) is 36.4 Å². The van der Waals surface area contributed by atoms with Crippen LogP contribution in [0.1, 0.15) is 22.6 Å². The van der Waals surface area contributed by atoms with Crippen molar-refractivity contribution in [1.29, 1.82) is 0 Å². The monoisotopic (exact) mass is 474 g/mol. The highest BCUT2D eigenvalue weighted by molar-refractivity contribution is 7.99. The molecule has 0 fully saturated rings. The molecule has 3 atom stereocenters. The first-order valence-corrected chi connectivity index (χ1v) is 12.3. The van der Waals surface area contributed by atoms with Crippen molar-refractivity contribution in [2.24, 2.45) is 11.8 Å². The molecule has 2 heterocycles. The Balaban J connectivity index is 1.70. The first kappa shape index (κ1) is 22.4. The standard InChI is InChI=1S/C28H26O5S/c1-29-25-13-20(14-26(30-2)28(25)31-3)27-21-15-24-23(32-17-33-24)12-19(21)11-18-9-7-5-4-6-8-10-34-16-22(18)27/h4-5,12-15,18,22,27H,10-11,16-17H2,1-3H3/b5-4-/t18-,22-,27-/m1/s1. The van der Waals surface area contributed by atoms with Crippen molar-refractivity contribution in [2.75, 3.05) is 39.6 Å². The molecule has 0 saturated carbocycles. The first-order valence-electron chi connectivity index (χ1n) is 11.2. The van der Waals surface area contributed by atoms with Crippen LogP contribution in [0.3, 0.4) is 0 Å². The van der Waals surface area contributed by atoms with E-state index in [2.05, 4.69) is 47.9 Å². The lowest BCUT2D eigenvalue weighted by Crippen LogP contribution is -2.32. The molecule has 34 heavy (non-hydrogen) atoms. The van der Waals surface area contributed by atoms with Gasteiger partial charge in [-0.15, -0.1) is 11.8 Å². The van der Waals surface area contributed by atoms with Gasteiger partial charge in [-0.3, -0.25) is 0 Å². The molecule has 0 amide bonds. The van der Waals surface area contributed by atoms with Gasteiger partial charge in [0.15, 0.2) is 23.0 Å². The summed E-state index contributed by atoms with van der Waals surface area (Å²) in [5.74, 6) is 18.7. The topological polar surface area (TPSA) is 46.2 Å². The van der Waals surface area contributed by atoms with E-state index in [4.69, 9.17) is 23.7 Å². The van der Waals surface area contributed by atoms with Crippen LogP contribution in [0.25, 0.3) is 0 Å².